The summed E-state index contributed by atoms with van der Waals surface area (Å²) in [6.07, 6.45) is 1.74. The molecule has 0 spiro atoms. The summed E-state index contributed by atoms with van der Waals surface area (Å²) in [5.74, 6) is 1.98. The Labute approximate surface area is 124 Å². The number of nitriles is 1. The Bertz CT molecular complexity index is 650. The van der Waals surface area contributed by atoms with E-state index < -0.39 is 0 Å². The number of nitrogens with one attached hydrogen (secondary N) is 1. The third-order valence-electron chi connectivity index (χ3n) is 2.87. The van der Waals surface area contributed by atoms with Crippen LogP contribution in [0.3, 0.4) is 0 Å². The maximum Gasteiger partial charge on any atom is 0.162 e. The molecule has 108 valence electrons. The second kappa shape index (κ2) is 7.15. The average Bonchev–Trinajstić information content (AvgIpc) is 2.53. The van der Waals surface area contributed by atoms with Crippen molar-refractivity contribution in [2.45, 2.75) is 13.5 Å². The molecule has 2 rings (SSSR count). The van der Waals surface area contributed by atoms with E-state index in [4.69, 9.17) is 14.7 Å². The van der Waals surface area contributed by atoms with Crippen LogP contribution in [-0.4, -0.2) is 18.6 Å². The lowest BCUT2D eigenvalue weighted by molar-refractivity contribution is 0.284. The van der Waals surface area contributed by atoms with Gasteiger partial charge in [-0.1, -0.05) is 0 Å². The number of aromatic nitrogens is 1. The van der Waals surface area contributed by atoms with Crippen molar-refractivity contribution < 1.29 is 9.47 Å². The smallest absolute Gasteiger partial charge is 0.162 e. The molecule has 0 fully saturated rings. The normalized spacial score (nSPS) is 9.76. The number of hydrogen-bond donors (Lipinski definition) is 1. The number of pyridine rings is 1. The van der Waals surface area contributed by atoms with Gasteiger partial charge in [-0.2, -0.15) is 5.26 Å². The highest BCUT2D eigenvalue weighted by Gasteiger charge is 2.06. The molecule has 1 heterocycles. The summed E-state index contributed by atoms with van der Waals surface area (Å²) in [6, 6.07) is 11.0. The molecule has 0 amide bonds. The number of benzene rings is 1. The molecule has 1 aromatic carbocycles. The second-order valence-corrected chi connectivity index (χ2v) is 4.35. The molecule has 0 aliphatic rings. The van der Waals surface area contributed by atoms with Gasteiger partial charge in [-0.05, 0) is 36.8 Å². The lowest BCUT2D eigenvalue weighted by atomic mass is 10.2. The van der Waals surface area contributed by atoms with Crippen molar-refractivity contribution >= 4 is 5.82 Å². The van der Waals surface area contributed by atoms with Gasteiger partial charge < -0.3 is 14.8 Å². The van der Waals surface area contributed by atoms with Crippen molar-refractivity contribution in [1.29, 1.82) is 5.26 Å². The molecule has 0 saturated carbocycles. The van der Waals surface area contributed by atoms with Gasteiger partial charge >= 0.3 is 0 Å². The highest BCUT2D eigenvalue weighted by atomic mass is 16.5. The van der Waals surface area contributed by atoms with Crippen molar-refractivity contribution in [3.63, 3.8) is 0 Å². The first-order valence-electron chi connectivity index (χ1n) is 6.66. The van der Waals surface area contributed by atoms with Gasteiger partial charge in [0.05, 0.1) is 18.7 Å². The number of anilines is 1. The van der Waals surface area contributed by atoms with E-state index in [1.807, 2.05) is 19.1 Å². The minimum atomic E-state index is 0.406. The first-order valence-corrected chi connectivity index (χ1v) is 6.66. The Kier molecular flexibility index (Phi) is 4.99. The molecule has 0 aliphatic carbocycles. The van der Waals surface area contributed by atoms with E-state index in [9.17, 15) is 0 Å². The van der Waals surface area contributed by atoms with Crippen molar-refractivity contribution in [3.8, 4) is 17.6 Å². The lowest BCUT2D eigenvalue weighted by Crippen LogP contribution is -2.02. The van der Waals surface area contributed by atoms with Crippen molar-refractivity contribution in [2.24, 2.45) is 0 Å². The monoisotopic (exact) mass is 283 g/mol. The molecule has 5 heteroatoms. The Hall–Kier alpha value is -2.74. The summed E-state index contributed by atoms with van der Waals surface area (Å²) in [4.78, 5) is 4.21. The Morgan fingerprint density at radius 1 is 1.24 bits per heavy atom. The van der Waals surface area contributed by atoms with Crippen molar-refractivity contribution in [2.75, 3.05) is 19.0 Å². The summed E-state index contributed by atoms with van der Waals surface area (Å²) in [7, 11) is 1.55. The van der Waals surface area contributed by atoms with Crippen LogP contribution in [0.5, 0.6) is 11.5 Å². The standard InChI is InChI=1S/C16H17N3O2/c1-3-18-16-9-13(6-7-19-16)11-21-14-5-4-12(10-17)8-15(14)20-2/h4-9H,3,11H2,1-2H3,(H,18,19). The Morgan fingerprint density at radius 3 is 2.81 bits per heavy atom. The van der Waals surface area contributed by atoms with Crippen LogP contribution in [0.15, 0.2) is 36.5 Å². The zero-order chi connectivity index (χ0) is 15.1. The number of ether oxygens (including phenoxy) is 2. The van der Waals surface area contributed by atoms with Crippen LogP contribution >= 0.6 is 0 Å². The summed E-state index contributed by atoms with van der Waals surface area (Å²) >= 11 is 0. The summed E-state index contributed by atoms with van der Waals surface area (Å²) in [5, 5.41) is 12.0. The van der Waals surface area contributed by atoms with Gasteiger partial charge in [-0.25, -0.2) is 4.98 Å². The summed E-state index contributed by atoms with van der Waals surface area (Å²) in [6.45, 7) is 3.25. The first-order chi connectivity index (χ1) is 10.3. The predicted octanol–water partition coefficient (Wildman–Crippen LogP) is 2.97. The van der Waals surface area contributed by atoms with Gasteiger partial charge in [0.25, 0.3) is 0 Å². The highest BCUT2D eigenvalue weighted by Crippen LogP contribution is 2.28. The van der Waals surface area contributed by atoms with Gasteiger partial charge in [0, 0.05) is 18.8 Å². The minimum absolute atomic E-state index is 0.406. The van der Waals surface area contributed by atoms with E-state index in [1.54, 1.807) is 31.5 Å². The molecule has 0 saturated heterocycles. The van der Waals surface area contributed by atoms with Crippen LogP contribution < -0.4 is 14.8 Å². The highest BCUT2D eigenvalue weighted by molar-refractivity contribution is 5.47. The summed E-state index contributed by atoms with van der Waals surface area (Å²) < 4.78 is 11.0. The molecule has 1 aromatic heterocycles. The number of rotatable bonds is 6. The molecule has 2 aromatic rings. The SMILES string of the molecule is CCNc1cc(COc2ccc(C#N)cc2OC)ccn1. The molecule has 0 aliphatic heterocycles. The van der Waals surface area contributed by atoms with Gasteiger partial charge in [-0.3, -0.25) is 0 Å². The van der Waals surface area contributed by atoms with E-state index in [1.165, 1.54) is 0 Å². The van der Waals surface area contributed by atoms with E-state index in [2.05, 4.69) is 16.4 Å². The molecular weight excluding hydrogens is 266 g/mol. The summed E-state index contributed by atoms with van der Waals surface area (Å²) in [5.41, 5.74) is 1.55. The average molecular weight is 283 g/mol. The maximum atomic E-state index is 8.88. The lowest BCUT2D eigenvalue weighted by Gasteiger charge is -2.11. The van der Waals surface area contributed by atoms with Crippen molar-refractivity contribution in [1.82, 2.24) is 4.98 Å². The zero-order valence-corrected chi connectivity index (χ0v) is 12.1. The fraction of sp³-hybridized carbons (Fsp3) is 0.250. The van der Waals surface area contributed by atoms with Gasteiger partial charge in [0.1, 0.15) is 12.4 Å². The molecular formula is C16H17N3O2. The van der Waals surface area contributed by atoms with E-state index in [0.29, 0.717) is 23.7 Å². The van der Waals surface area contributed by atoms with Crippen LogP contribution in [0, 0.1) is 11.3 Å². The van der Waals surface area contributed by atoms with Gasteiger partial charge in [-0.15, -0.1) is 0 Å². The van der Waals surface area contributed by atoms with E-state index >= 15 is 0 Å². The molecule has 1 N–H and O–H groups in total. The molecule has 0 radical (unpaired) electrons. The molecule has 21 heavy (non-hydrogen) atoms. The maximum absolute atomic E-state index is 8.88. The quantitative estimate of drug-likeness (QED) is 0.882. The van der Waals surface area contributed by atoms with E-state index in [0.717, 1.165) is 17.9 Å². The fourth-order valence-electron chi connectivity index (χ4n) is 1.86. The first kappa shape index (κ1) is 14.7. The largest absolute Gasteiger partial charge is 0.493 e. The number of methoxy groups -OCH3 is 1. The van der Waals surface area contributed by atoms with Crippen LogP contribution in [0.2, 0.25) is 0 Å². The Morgan fingerprint density at radius 2 is 2.10 bits per heavy atom. The third kappa shape index (κ3) is 3.86. The Balaban J connectivity index is 2.09. The fourth-order valence-corrected chi connectivity index (χ4v) is 1.86. The van der Waals surface area contributed by atoms with Crippen LogP contribution in [0.25, 0.3) is 0 Å². The van der Waals surface area contributed by atoms with Crippen molar-refractivity contribution in [3.05, 3.63) is 47.7 Å². The predicted molar refractivity (Wildman–Crippen MR) is 80.4 cm³/mol. The molecule has 0 bridgehead atoms. The number of hydrogen-bond acceptors (Lipinski definition) is 5. The second-order valence-electron chi connectivity index (χ2n) is 4.35. The third-order valence-corrected chi connectivity index (χ3v) is 2.87. The van der Waals surface area contributed by atoms with Crippen LogP contribution in [0.4, 0.5) is 5.82 Å². The molecule has 5 nitrogen and oxygen atoms in total. The van der Waals surface area contributed by atoms with Gasteiger partial charge in [0.15, 0.2) is 11.5 Å². The topological polar surface area (TPSA) is 67.2 Å². The minimum Gasteiger partial charge on any atom is -0.493 e. The zero-order valence-electron chi connectivity index (χ0n) is 12.1. The molecule has 0 unspecified atom stereocenters. The van der Waals surface area contributed by atoms with Crippen LogP contribution in [-0.2, 0) is 6.61 Å². The van der Waals surface area contributed by atoms with Gasteiger partial charge in [0.2, 0.25) is 0 Å². The van der Waals surface area contributed by atoms with Crippen LogP contribution in [0.1, 0.15) is 18.1 Å². The number of nitrogens with zero attached hydrogens (tertiary/aromatic N) is 2. The van der Waals surface area contributed by atoms with E-state index in [-0.39, 0.29) is 0 Å². The molecule has 0 atom stereocenters.